The third kappa shape index (κ3) is 3.14. The number of fused-ring (bicyclic) bond motifs is 3. The summed E-state index contributed by atoms with van der Waals surface area (Å²) >= 11 is 1.49. The normalized spacial score (nSPS) is 15.9. The zero-order valence-electron chi connectivity index (χ0n) is 14.7. The van der Waals surface area contributed by atoms with Crippen LogP contribution in [0.15, 0.2) is 52.3 Å². The van der Waals surface area contributed by atoms with Gasteiger partial charge in [0.15, 0.2) is 5.78 Å². The van der Waals surface area contributed by atoms with Crippen molar-refractivity contribution in [1.29, 1.82) is 0 Å². The van der Waals surface area contributed by atoms with Gasteiger partial charge in [0.2, 0.25) is 0 Å². The summed E-state index contributed by atoms with van der Waals surface area (Å²) in [6, 6.07) is 12.4. The standard InChI is InChI=1S/C21H18FNO3S/c1-12(24)16-10-14(22)11-17-19(16)21(27-15-5-3-2-4-6-15)20-13(9-18(25)26)7-8-23(17)20/h2-6,10-11,13H,7-9H2,1H3,(H,25,26)/p-1. The first-order valence-corrected chi connectivity index (χ1v) is 9.56. The maximum atomic E-state index is 14.2. The highest BCUT2D eigenvalue weighted by Crippen LogP contribution is 2.47. The Balaban J connectivity index is 2.00. The van der Waals surface area contributed by atoms with Crippen LogP contribution in [0.1, 0.15) is 41.7 Å². The van der Waals surface area contributed by atoms with E-state index >= 15 is 0 Å². The molecule has 1 aliphatic heterocycles. The van der Waals surface area contributed by atoms with E-state index in [1.54, 1.807) is 0 Å². The second-order valence-corrected chi connectivity index (χ2v) is 7.83. The number of Topliss-reactive ketones (excluding diaryl/α,β-unsaturated/α-hetero) is 1. The molecular weight excluding hydrogens is 365 g/mol. The molecular formula is C21H17FNO3S-. The van der Waals surface area contributed by atoms with Crippen LogP contribution >= 0.6 is 11.8 Å². The van der Waals surface area contributed by atoms with Crippen molar-refractivity contribution in [2.24, 2.45) is 0 Å². The van der Waals surface area contributed by atoms with Gasteiger partial charge in [-0.25, -0.2) is 4.39 Å². The minimum Gasteiger partial charge on any atom is -0.550 e. The third-order valence-electron chi connectivity index (χ3n) is 4.97. The number of rotatable bonds is 5. The number of halogens is 1. The van der Waals surface area contributed by atoms with E-state index in [-0.39, 0.29) is 18.1 Å². The van der Waals surface area contributed by atoms with Gasteiger partial charge in [-0.15, -0.1) is 0 Å². The lowest BCUT2D eigenvalue weighted by molar-refractivity contribution is -0.306. The van der Waals surface area contributed by atoms with Crippen molar-refractivity contribution in [2.75, 3.05) is 0 Å². The van der Waals surface area contributed by atoms with Gasteiger partial charge in [-0.3, -0.25) is 4.79 Å². The minimum atomic E-state index is -1.10. The number of benzene rings is 2. The highest BCUT2D eigenvalue weighted by molar-refractivity contribution is 7.99. The zero-order chi connectivity index (χ0) is 19.1. The average molecular weight is 382 g/mol. The smallest absolute Gasteiger partial charge is 0.160 e. The lowest BCUT2D eigenvalue weighted by atomic mass is 9.99. The van der Waals surface area contributed by atoms with Gasteiger partial charge in [-0.05, 0) is 44.0 Å². The van der Waals surface area contributed by atoms with Crippen LogP contribution in [0.5, 0.6) is 0 Å². The molecule has 0 spiro atoms. The van der Waals surface area contributed by atoms with Crippen molar-refractivity contribution in [3.05, 3.63) is 59.5 Å². The highest BCUT2D eigenvalue weighted by Gasteiger charge is 2.32. The molecule has 0 saturated carbocycles. The fraction of sp³-hybridized carbons (Fsp3) is 0.238. The number of aliphatic carboxylic acids is 1. The summed E-state index contributed by atoms with van der Waals surface area (Å²) in [5, 5.41) is 11.9. The molecule has 138 valence electrons. The molecule has 1 aromatic heterocycles. The van der Waals surface area contributed by atoms with Crippen LogP contribution in [0.4, 0.5) is 4.39 Å². The Morgan fingerprint density at radius 2 is 2.00 bits per heavy atom. The SMILES string of the molecule is CC(=O)c1cc(F)cc2c1c(Sc1ccccc1)c1n2CCC1CC(=O)[O-]. The van der Waals surface area contributed by atoms with E-state index in [1.807, 2.05) is 34.9 Å². The van der Waals surface area contributed by atoms with Crippen LogP contribution in [0.3, 0.4) is 0 Å². The van der Waals surface area contributed by atoms with E-state index in [0.717, 1.165) is 15.5 Å². The number of carbonyl (C=O) groups is 2. The molecule has 4 rings (SSSR count). The molecule has 1 atom stereocenters. The number of hydrogen-bond donors (Lipinski definition) is 0. The van der Waals surface area contributed by atoms with Crippen LogP contribution in [0, 0.1) is 5.82 Å². The maximum Gasteiger partial charge on any atom is 0.160 e. The van der Waals surface area contributed by atoms with E-state index in [2.05, 4.69) is 0 Å². The van der Waals surface area contributed by atoms with Gasteiger partial charge >= 0.3 is 0 Å². The van der Waals surface area contributed by atoms with E-state index in [1.165, 1.54) is 30.8 Å². The molecule has 0 amide bonds. The Morgan fingerprint density at radius 1 is 1.26 bits per heavy atom. The minimum absolute atomic E-state index is 0.0867. The summed E-state index contributed by atoms with van der Waals surface area (Å²) in [5.41, 5.74) is 1.84. The molecule has 0 radical (unpaired) electrons. The molecule has 0 N–H and O–H groups in total. The lowest BCUT2D eigenvalue weighted by Gasteiger charge is -2.13. The van der Waals surface area contributed by atoms with Crippen molar-refractivity contribution >= 4 is 34.4 Å². The van der Waals surface area contributed by atoms with Crippen LogP contribution in [0.25, 0.3) is 10.9 Å². The van der Waals surface area contributed by atoms with Crippen molar-refractivity contribution in [3.8, 4) is 0 Å². The quantitative estimate of drug-likeness (QED) is 0.631. The molecule has 0 saturated heterocycles. The maximum absolute atomic E-state index is 14.2. The average Bonchev–Trinajstić information content (AvgIpc) is 3.15. The van der Waals surface area contributed by atoms with Gasteiger partial charge in [-0.1, -0.05) is 30.0 Å². The molecule has 3 aromatic rings. The number of hydrogen-bond acceptors (Lipinski definition) is 4. The highest BCUT2D eigenvalue weighted by atomic mass is 32.2. The summed E-state index contributed by atoms with van der Waals surface area (Å²) in [6.07, 6.45) is 0.573. The molecule has 1 unspecified atom stereocenters. The molecule has 4 nitrogen and oxygen atoms in total. The first-order chi connectivity index (χ1) is 13.0. The van der Waals surface area contributed by atoms with Gasteiger partial charge in [0.25, 0.3) is 0 Å². The Hall–Kier alpha value is -2.60. The number of ketones is 1. The first kappa shape index (κ1) is 17.8. The fourth-order valence-corrected chi connectivity index (χ4v) is 5.11. The Bertz CT molecular complexity index is 1060. The van der Waals surface area contributed by atoms with E-state index in [9.17, 15) is 19.1 Å². The zero-order valence-corrected chi connectivity index (χ0v) is 15.5. The number of aromatic nitrogens is 1. The predicted octanol–water partition coefficient (Wildman–Crippen LogP) is 3.76. The van der Waals surface area contributed by atoms with Gasteiger partial charge in [0.1, 0.15) is 5.82 Å². The first-order valence-electron chi connectivity index (χ1n) is 8.75. The van der Waals surface area contributed by atoms with Gasteiger partial charge in [-0.2, -0.15) is 0 Å². The topological polar surface area (TPSA) is 62.1 Å². The molecule has 6 heteroatoms. The predicted molar refractivity (Wildman–Crippen MR) is 99.4 cm³/mol. The summed E-state index contributed by atoms with van der Waals surface area (Å²) in [4.78, 5) is 25.3. The van der Waals surface area contributed by atoms with E-state index in [4.69, 9.17) is 0 Å². The van der Waals surface area contributed by atoms with Gasteiger partial charge < -0.3 is 14.5 Å². The number of carboxylic acids is 1. The largest absolute Gasteiger partial charge is 0.550 e. The van der Waals surface area contributed by atoms with Gasteiger partial charge in [0.05, 0.1) is 5.52 Å². The van der Waals surface area contributed by atoms with Crippen LogP contribution in [-0.2, 0) is 11.3 Å². The second-order valence-electron chi connectivity index (χ2n) is 6.75. The molecule has 1 aliphatic rings. The van der Waals surface area contributed by atoms with Crippen LogP contribution < -0.4 is 5.11 Å². The van der Waals surface area contributed by atoms with Crippen LogP contribution in [-0.4, -0.2) is 16.3 Å². The number of carboxylic acid groups (broad SMARTS) is 1. The van der Waals surface area contributed by atoms with E-state index in [0.29, 0.717) is 29.4 Å². The molecule has 0 bridgehead atoms. The summed E-state index contributed by atoms with van der Waals surface area (Å²) in [6.45, 7) is 2.02. The summed E-state index contributed by atoms with van der Waals surface area (Å²) < 4.78 is 16.2. The number of aryl methyl sites for hydroxylation is 1. The monoisotopic (exact) mass is 382 g/mol. The van der Waals surface area contributed by atoms with Crippen molar-refractivity contribution in [1.82, 2.24) is 4.57 Å². The number of carbonyl (C=O) groups excluding carboxylic acids is 2. The van der Waals surface area contributed by atoms with Crippen molar-refractivity contribution < 1.29 is 19.1 Å². The third-order valence-corrected chi connectivity index (χ3v) is 6.09. The van der Waals surface area contributed by atoms with E-state index < -0.39 is 11.8 Å². The Morgan fingerprint density at radius 3 is 2.67 bits per heavy atom. The molecule has 2 aromatic carbocycles. The second kappa shape index (κ2) is 6.85. The Kier molecular flexibility index (Phi) is 4.52. The number of nitrogens with zero attached hydrogens (tertiary/aromatic N) is 1. The Labute approximate surface area is 160 Å². The summed E-state index contributed by atoms with van der Waals surface area (Å²) in [7, 11) is 0. The van der Waals surface area contributed by atoms with Crippen LogP contribution in [0.2, 0.25) is 0 Å². The molecule has 2 heterocycles. The molecule has 27 heavy (non-hydrogen) atoms. The summed E-state index contributed by atoms with van der Waals surface area (Å²) in [5.74, 6) is -1.99. The molecule has 0 aliphatic carbocycles. The fourth-order valence-electron chi connectivity index (χ4n) is 3.88. The lowest BCUT2D eigenvalue weighted by Crippen LogP contribution is -2.24. The molecule has 0 fully saturated rings. The van der Waals surface area contributed by atoms with Gasteiger partial charge in [0, 0.05) is 44.9 Å². The van der Waals surface area contributed by atoms with Crippen molar-refractivity contribution in [3.63, 3.8) is 0 Å². The van der Waals surface area contributed by atoms with Crippen molar-refractivity contribution in [2.45, 2.75) is 42.0 Å².